The molecule has 7 nitrogen and oxygen atoms in total. The molecule has 0 radical (unpaired) electrons. The molecule has 0 saturated carbocycles. The van der Waals surface area contributed by atoms with Crippen molar-refractivity contribution in [3.05, 3.63) is 12.4 Å². The van der Waals surface area contributed by atoms with Crippen molar-refractivity contribution in [2.24, 2.45) is 18.2 Å². The maximum Gasteiger partial charge on any atom is 0.243 e. The molecule has 0 aliphatic carbocycles. The highest BCUT2D eigenvalue weighted by Crippen LogP contribution is 2.27. The van der Waals surface area contributed by atoms with Crippen LogP contribution in [0.3, 0.4) is 0 Å². The fourth-order valence-corrected chi connectivity index (χ4v) is 3.45. The number of aromatic nitrogens is 2. The SMILES string of the molecule is Cl.Cn1cc(S(=O)(=O)NCCN2CCC(C)(CN)C2)cn1. The van der Waals surface area contributed by atoms with Crippen LogP contribution < -0.4 is 10.5 Å². The first kappa shape index (κ1) is 18.4. The average molecular weight is 338 g/mol. The first-order chi connectivity index (χ1) is 9.35. The summed E-state index contributed by atoms with van der Waals surface area (Å²) >= 11 is 0. The number of hydrogen-bond acceptors (Lipinski definition) is 5. The van der Waals surface area contributed by atoms with E-state index in [2.05, 4.69) is 21.6 Å². The minimum atomic E-state index is -3.45. The van der Waals surface area contributed by atoms with Gasteiger partial charge in [0.15, 0.2) is 0 Å². The zero-order valence-electron chi connectivity index (χ0n) is 12.4. The average Bonchev–Trinajstić information content (AvgIpc) is 2.97. The van der Waals surface area contributed by atoms with Gasteiger partial charge in [0.05, 0.1) is 6.20 Å². The summed E-state index contributed by atoms with van der Waals surface area (Å²) in [5.74, 6) is 0. The zero-order chi connectivity index (χ0) is 14.8. The molecule has 3 N–H and O–H groups in total. The van der Waals surface area contributed by atoms with Crippen molar-refractivity contribution >= 4 is 22.4 Å². The highest BCUT2D eigenvalue weighted by Gasteiger charge is 2.32. The first-order valence-electron chi connectivity index (χ1n) is 6.75. The van der Waals surface area contributed by atoms with Crippen LogP contribution in [0.25, 0.3) is 0 Å². The monoisotopic (exact) mass is 337 g/mol. The maximum atomic E-state index is 12.0. The number of rotatable bonds is 6. The van der Waals surface area contributed by atoms with Crippen LogP contribution in [0.5, 0.6) is 0 Å². The number of halogens is 1. The van der Waals surface area contributed by atoms with E-state index in [4.69, 9.17) is 5.73 Å². The van der Waals surface area contributed by atoms with Gasteiger partial charge in [0.2, 0.25) is 10.0 Å². The van der Waals surface area contributed by atoms with Gasteiger partial charge in [-0.25, -0.2) is 13.1 Å². The van der Waals surface area contributed by atoms with Crippen LogP contribution >= 0.6 is 12.4 Å². The molecular formula is C12H24ClN5O2S. The van der Waals surface area contributed by atoms with Gasteiger partial charge in [-0.1, -0.05) is 6.92 Å². The fourth-order valence-electron chi connectivity index (χ4n) is 2.44. The van der Waals surface area contributed by atoms with Gasteiger partial charge >= 0.3 is 0 Å². The molecule has 9 heteroatoms. The van der Waals surface area contributed by atoms with Crippen LogP contribution in [0.1, 0.15) is 13.3 Å². The predicted octanol–water partition coefficient (Wildman–Crippen LogP) is -0.209. The molecule has 122 valence electrons. The van der Waals surface area contributed by atoms with Crippen LogP contribution in [-0.2, 0) is 17.1 Å². The maximum absolute atomic E-state index is 12.0. The van der Waals surface area contributed by atoms with E-state index < -0.39 is 10.0 Å². The molecule has 1 fully saturated rings. The minimum Gasteiger partial charge on any atom is -0.330 e. The first-order valence-corrected chi connectivity index (χ1v) is 8.24. The lowest BCUT2D eigenvalue weighted by Gasteiger charge is -2.22. The highest BCUT2D eigenvalue weighted by molar-refractivity contribution is 7.89. The van der Waals surface area contributed by atoms with Crippen LogP contribution in [0, 0.1) is 5.41 Å². The number of nitrogens with two attached hydrogens (primary N) is 1. The van der Waals surface area contributed by atoms with E-state index in [1.54, 1.807) is 7.05 Å². The second-order valence-corrected chi connectivity index (χ2v) is 7.56. The summed E-state index contributed by atoms with van der Waals surface area (Å²) in [6, 6.07) is 0. The van der Waals surface area contributed by atoms with Crippen molar-refractivity contribution in [2.75, 3.05) is 32.7 Å². The number of sulfonamides is 1. The largest absolute Gasteiger partial charge is 0.330 e. The Bertz CT molecular complexity index is 562. The van der Waals surface area contributed by atoms with E-state index in [9.17, 15) is 8.42 Å². The van der Waals surface area contributed by atoms with Crippen molar-refractivity contribution in [1.29, 1.82) is 0 Å². The van der Waals surface area contributed by atoms with Crippen molar-refractivity contribution < 1.29 is 8.42 Å². The predicted molar refractivity (Wildman–Crippen MR) is 83.9 cm³/mol. The molecule has 1 saturated heterocycles. The molecule has 0 aromatic carbocycles. The highest BCUT2D eigenvalue weighted by atomic mass is 35.5. The van der Waals surface area contributed by atoms with E-state index in [0.29, 0.717) is 19.6 Å². The summed E-state index contributed by atoms with van der Waals surface area (Å²) in [6.45, 7) is 5.85. The Morgan fingerprint density at radius 3 is 2.76 bits per heavy atom. The molecule has 1 aromatic heterocycles. The molecule has 1 aromatic rings. The standard InChI is InChI=1S/C12H23N5O2S.ClH/c1-12(9-13)3-5-17(10-12)6-4-15-20(18,19)11-7-14-16(2)8-11;/h7-8,15H,3-6,9-10,13H2,1-2H3;1H. The number of nitrogens with zero attached hydrogens (tertiary/aromatic N) is 3. The Morgan fingerprint density at radius 2 is 2.24 bits per heavy atom. The van der Waals surface area contributed by atoms with Crippen molar-refractivity contribution in [2.45, 2.75) is 18.2 Å². The van der Waals surface area contributed by atoms with E-state index in [1.807, 2.05) is 0 Å². The van der Waals surface area contributed by atoms with Gasteiger partial charge < -0.3 is 10.6 Å². The van der Waals surface area contributed by atoms with Gasteiger partial charge in [-0.3, -0.25) is 4.68 Å². The molecule has 1 aliphatic heterocycles. The Labute approximate surface area is 132 Å². The van der Waals surface area contributed by atoms with Gasteiger partial charge in [-0.15, -0.1) is 12.4 Å². The molecule has 0 bridgehead atoms. The fraction of sp³-hybridized carbons (Fsp3) is 0.750. The lowest BCUT2D eigenvalue weighted by molar-refractivity contribution is 0.284. The Hall–Kier alpha value is -0.670. The van der Waals surface area contributed by atoms with E-state index in [1.165, 1.54) is 17.1 Å². The molecule has 2 rings (SSSR count). The summed E-state index contributed by atoms with van der Waals surface area (Å²) in [4.78, 5) is 2.45. The third-order valence-electron chi connectivity index (χ3n) is 3.84. The summed E-state index contributed by atoms with van der Waals surface area (Å²) in [7, 11) is -1.76. The van der Waals surface area contributed by atoms with Crippen LogP contribution in [-0.4, -0.2) is 55.8 Å². The minimum absolute atomic E-state index is 0. The van der Waals surface area contributed by atoms with Gasteiger partial charge in [-0.05, 0) is 24.9 Å². The second kappa shape index (κ2) is 7.06. The zero-order valence-corrected chi connectivity index (χ0v) is 14.1. The van der Waals surface area contributed by atoms with Crippen molar-refractivity contribution in [1.82, 2.24) is 19.4 Å². The summed E-state index contributed by atoms with van der Waals surface area (Å²) < 4.78 is 28.1. The molecule has 2 heterocycles. The van der Waals surface area contributed by atoms with Gasteiger partial charge in [-0.2, -0.15) is 5.10 Å². The molecule has 1 unspecified atom stereocenters. The molecule has 1 aliphatic rings. The van der Waals surface area contributed by atoms with E-state index in [-0.39, 0.29) is 22.7 Å². The van der Waals surface area contributed by atoms with Gasteiger partial charge in [0, 0.05) is 32.9 Å². The topological polar surface area (TPSA) is 93.2 Å². The van der Waals surface area contributed by atoms with Gasteiger partial charge in [0.25, 0.3) is 0 Å². The lowest BCUT2D eigenvalue weighted by Crippen LogP contribution is -2.36. The Kier molecular flexibility index (Phi) is 6.18. The second-order valence-electron chi connectivity index (χ2n) is 5.79. The molecule has 0 spiro atoms. The summed E-state index contributed by atoms with van der Waals surface area (Å²) in [6.07, 6.45) is 3.91. The Morgan fingerprint density at radius 1 is 1.52 bits per heavy atom. The van der Waals surface area contributed by atoms with Crippen LogP contribution in [0.2, 0.25) is 0 Å². The number of hydrogen-bond donors (Lipinski definition) is 2. The molecule has 0 amide bonds. The smallest absolute Gasteiger partial charge is 0.243 e. The number of aryl methyl sites for hydroxylation is 1. The summed E-state index contributed by atoms with van der Waals surface area (Å²) in [5, 5.41) is 3.87. The van der Waals surface area contributed by atoms with Gasteiger partial charge in [0.1, 0.15) is 4.90 Å². The third-order valence-corrected chi connectivity index (χ3v) is 5.26. The molecular weight excluding hydrogens is 314 g/mol. The third kappa shape index (κ3) is 4.65. The van der Waals surface area contributed by atoms with Crippen LogP contribution in [0.15, 0.2) is 17.3 Å². The van der Waals surface area contributed by atoms with Crippen molar-refractivity contribution in [3.63, 3.8) is 0 Å². The van der Waals surface area contributed by atoms with Crippen molar-refractivity contribution in [3.8, 4) is 0 Å². The molecule has 1 atom stereocenters. The molecule has 21 heavy (non-hydrogen) atoms. The van der Waals surface area contributed by atoms with E-state index in [0.717, 1.165) is 19.5 Å². The van der Waals surface area contributed by atoms with Crippen LogP contribution in [0.4, 0.5) is 0 Å². The quantitative estimate of drug-likeness (QED) is 0.749. The van der Waals surface area contributed by atoms with E-state index >= 15 is 0 Å². The number of nitrogens with one attached hydrogen (secondary N) is 1. The normalized spacial score (nSPS) is 23.2. The Balaban J connectivity index is 0.00000220. The number of likely N-dealkylation sites (tertiary alicyclic amines) is 1. The summed E-state index contributed by atoms with van der Waals surface area (Å²) in [5.41, 5.74) is 5.93. The lowest BCUT2D eigenvalue weighted by atomic mass is 9.90.